The minimum Gasteiger partial charge on any atom is -0.439 e. The number of hydrogen-bond donors (Lipinski definition) is 1. The van der Waals surface area contributed by atoms with E-state index in [0.29, 0.717) is 18.4 Å². The molecule has 6 heteroatoms. The van der Waals surface area contributed by atoms with Crippen LogP contribution in [0.4, 0.5) is 8.78 Å². The van der Waals surface area contributed by atoms with E-state index in [9.17, 15) is 18.7 Å². The van der Waals surface area contributed by atoms with Gasteiger partial charge in [-0.05, 0) is 25.0 Å². The van der Waals surface area contributed by atoms with Crippen molar-refractivity contribution in [3.8, 4) is 0 Å². The molecule has 2 aliphatic heterocycles. The molecule has 4 aliphatic rings. The van der Waals surface area contributed by atoms with Crippen LogP contribution in [-0.2, 0) is 9.53 Å². The summed E-state index contributed by atoms with van der Waals surface area (Å²) in [5.41, 5.74) is 0.501. The molecule has 104 valence electrons. The first-order valence-corrected chi connectivity index (χ1v) is 6.31. The Kier molecular flexibility index (Phi) is 2.85. The van der Waals surface area contributed by atoms with Crippen molar-refractivity contribution in [2.45, 2.75) is 31.6 Å². The highest BCUT2D eigenvalue weighted by atomic mass is 19.3. The maximum Gasteiger partial charge on any atom is 0.387 e. The van der Waals surface area contributed by atoms with E-state index >= 15 is 0 Å². The van der Waals surface area contributed by atoms with Crippen molar-refractivity contribution in [1.29, 1.82) is 0 Å². The fraction of sp³-hybridized carbons (Fsp3) is 0.615. The van der Waals surface area contributed by atoms with Gasteiger partial charge in [0, 0.05) is 30.5 Å². The Hall–Kier alpha value is -1.43. The second kappa shape index (κ2) is 4.30. The smallest absolute Gasteiger partial charge is 0.387 e. The zero-order valence-electron chi connectivity index (χ0n) is 10.4. The normalized spacial score (nSPS) is 37.1. The van der Waals surface area contributed by atoms with Crippen molar-refractivity contribution in [3.63, 3.8) is 0 Å². The molecule has 1 amide bonds. The molecule has 0 aromatic heterocycles. The number of aliphatic hydroxyl groups is 1. The summed E-state index contributed by atoms with van der Waals surface area (Å²) in [6, 6.07) is -0.127. The third kappa shape index (κ3) is 1.85. The van der Waals surface area contributed by atoms with Crippen LogP contribution in [0.3, 0.4) is 0 Å². The van der Waals surface area contributed by atoms with Gasteiger partial charge in [-0.15, -0.1) is 0 Å². The van der Waals surface area contributed by atoms with E-state index < -0.39 is 18.6 Å². The van der Waals surface area contributed by atoms with Crippen LogP contribution in [0.2, 0.25) is 0 Å². The molecule has 19 heavy (non-hydrogen) atoms. The van der Waals surface area contributed by atoms with Crippen molar-refractivity contribution in [2.24, 2.45) is 11.8 Å². The minimum atomic E-state index is -2.88. The lowest BCUT2D eigenvalue weighted by molar-refractivity contribution is -0.127. The largest absolute Gasteiger partial charge is 0.439 e. The predicted octanol–water partition coefficient (Wildman–Crippen LogP) is 1.28. The van der Waals surface area contributed by atoms with Gasteiger partial charge >= 0.3 is 6.61 Å². The molecule has 4 unspecified atom stereocenters. The highest BCUT2D eigenvalue weighted by molar-refractivity contribution is 5.95. The number of ether oxygens (including phenoxy) is 1. The second-order valence-corrected chi connectivity index (χ2v) is 5.31. The summed E-state index contributed by atoms with van der Waals surface area (Å²) >= 11 is 0. The molecule has 1 saturated carbocycles. The van der Waals surface area contributed by atoms with Crippen LogP contribution in [0.1, 0.15) is 12.8 Å². The number of hydrogen-bond acceptors (Lipinski definition) is 3. The monoisotopic (exact) mass is 271 g/mol. The summed E-state index contributed by atoms with van der Waals surface area (Å²) in [5.74, 6) is -0.707. The number of carbonyl (C=O) groups is 1. The Labute approximate surface area is 109 Å². The number of likely N-dealkylation sites (N-methyl/N-ethyl adjacent to an activating group) is 1. The van der Waals surface area contributed by atoms with Gasteiger partial charge in [-0.1, -0.05) is 0 Å². The first-order chi connectivity index (χ1) is 8.99. The average molecular weight is 271 g/mol. The Morgan fingerprint density at radius 1 is 1.42 bits per heavy atom. The SMILES string of the molecule is CN1C(=O)C2=CC=C(OC(F)F)C3CC1CC(O)C23. The Morgan fingerprint density at radius 2 is 2.16 bits per heavy atom. The molecule has 1 N–H and O–H groups in total. The lowest BCUT2D eigenvalue weighted by Gasteiger charge is -2.39. The van der Waals surface area contributed by atoms with Gasteiger partial charge in [0.1, 0.15) is 5.76 Å². The van der Waals surface area contributed by atoms with Crippen LogP contribution in [0.15, 0.2) is 23.5 Å². The maximum atomic E-state index is 12.4. The molecular weight excluding hydrogens is 256 g/mol. The molecule has 2 heterocycles. The lowest BCUT2D eigenvalue weighted by atomic mass is 9.70. The van der Waals surface area contributed by atoms with Crippen LogP contribution in [0.25, 0.3) is 0 Å². The number of fused-ring (bicyclic) bond motifs is 2. The number of alkyl halides is 2. The van der Waals surface area contributed by atoms with Crippen molar-refractivity contribution in [3.05, 3.63) is 23.5 Å². The van der Waals surface area contributed by atoms with Crippen molar-refractivity contribution in [1.82, 2.24) is 4.90 Å². The molecule has 0 radical (unpaired) electrons. The first kappa shape index (κ1) is 12.6. The average Bonchev–Trinajstić information content (AvgIpc) is 2.48. The molecule has 0 spiro atoms. The van der Waals surface area contributed by atoms with E-state index in [1.165, 1.54) is 12.2 Å². The summed E-state index contributed by atoms with van der Waals surface area (Å²) in [5, 5.41) is 10.2. The van der Waals surface area contributed by atoms with Crippen LogP contribution >= 0.6 is 0 Å². The van der Waals surface area contributed by atoms with Gasteiger partial charge in [0.2, 0.25) is 5.91 Å². The number of aliphatic hydroxyl groups excluding tert-OH is 1. The van der Waals surface area contributed by atoms with Crippen LogP contribution < -0.4 is 0 Å². The van der Waals surface area contributed by atoms with E-state index in [0.717, 1.165) is 0 Å². The standard InChI is InChI=1S/C13H15F2NO3/c1-16-6-4-8-10(19-13(14)15)3-2-7(12(16)18)11(8)9(17)5-6/h2-3,6,8-9,11,13,17H,4-5H2,1H3. The van der Waals surface area contributed by atoms with Crippen molar-refractivity contribution in [2.75, 3.05) is 7.05 Å². The van der Waals surface area contributed by atoms with Gasteiger partial charge in [0.15, 0.2) is 0 Å². The summed E-state index contributed by atoms with van der Waals surface area (Å²) in [6.07, 6.45) is 3.31. The summed E-state index contributed by atoms with van der Waals surface area (Å²) in [6.45, 7) is -2.88. The Morgan fingerprint density at radius 3 is 2.84 bits per heavy atom. The molecule has 4 nitrogen and oxygen atoms in total. The zero-order chi connectivity index (χ0) is 13.7. The number of allylic oxidation sites excluding steroid dienone is 3. The van der Waals surface area contributed by atoms with Gasteiger partial charge in [-0.25, -0.2) is 0 Å². The first-order valence-electron chi connectivity index (χ1n) is 6.31. The molecule has 4 atom stereocenters. The molecule has 4 bridgehead atoms. The van der Waals surface area contributed by atoms with Crippen molar-refractivity contribution >= 4 is 5.91 Å². The van der Waals surface area contributed by atoms with E-state index in [1.807, 2.05) is 0 Å². The molecule has 0 aromatic rings. The number of halogens is 2. The van der Waals surface area contributed by atoms with E-state index in [4.69, 9.17) is 0 Å². The molecular formula is C13H15F2NO3. The molecule has 0 aromatic carbocycles. The quantitative estimate of drug-likeness (QED) is 0.823. The molecule has 2 aliphatic carbocycles. The second-order valence-electron chi connectivity index (χ2n) is 5.31. The van der Waals surface area contributed by atoms with Crippen LogP contribution in [0, 0.1) is 11.8 Å². The third-order valence-electron chi connectivity index (χ3n) is 4.38. The highest BCUT2D eigenvalue weighted by Gasteiger charge is 2.50. The Balaban J connectivity index is 2.02. The summed E-state index contributed by atoms with van der Waals surface area (Å²) in [4.78, 5) is 13.8. The number of rotatable bonds is 2. The molecule has 4 rings (SSSR count). The minimum absolute atomic E-state index is 0.124. The topological polar surface area (TPSA) is 49.8 Å². The van der Waals surface area contributed by atoms with E-state index in [2.05, 4.69) is 4.74 Å². The van der Waals surface area contributed by atoms with Gasteiger partial charge in [0.05, 0.1) is 6.10 Å². The van der Waals surface area contributed by atoms with Crippen LogP contribution in [-0.4, -0.2) is 41.7 Å². The molecule has 2 saturated heterocycles. The van der Waals surface area contributed by atoms with E-state index in [-0.39, 0.29) is 23.6 Å². The van der Waals surface area contributed by atoms with Gasteiger partial charge in [-0.2, -0.15) is 8.78 Å². The third-order valence-corrected chi connectivity index (χ3v) is 4.38. The molecule has 3 fully saturated rings. The van der Waals surface area contributed by atoms with Gasteiger partial charge < -0.3 is 14.7 Å². The lowest BCUT2D eigenvalue weighted by Crippen LogP contribution is -2.42. The van der Waals surface area contributed by atoms with Crippen LogP contribution in [0.5, 0.6) is 0 Å². The van der Waals surface area contributed by atoms with Crippen molar-refractivity contribution < 1.29 is 23.4 Å². The summed E-state index contributed by atoms with van der Waals surface area (Å²) in [7, 11) is 1.69. The summed E-state index contributed by atoms with van der Waals surface area (Å²) < 4.78 is 29.4. The number of nitrogens with zero attached hydrogens (tertiary/aromatic N) is 1. The predicted molar refractivity (Wildman–Crippen MR) is 62.0 cm³/mol. The zero-order valence-corrected chi connectivity index (χ0v) is 10.4. The highest BCUT2D eigenvalue weighted by Crippen LogP contribution is 2.47. The Bertz CT molecular complexity index is 475. The fourth-order valence-electron chi connectivity index (χ4n) is 3.48. The van der Waals surface area contributed by atoms with E-state index in [1.54, 1.807) is 11.9 Å². The fourth-order valence-corrected chi connectivity index (χ4v) is 3.48. The van der Waals surface area contributed by atoms with Gasteiger partial charge in [0.25, 0.3) is 0 Å². The number of carbonyl (C=O) groups excluding carboxylic acids is 1. The maximum absolute atomic E-state index is 12.4. The number of amides is 1. The van der Waals surface area contributed by atoms with Gasteiger partial charge in [-0.3, -0.25) is 4.79 Å².